The van der Waals surface area contributed by atoms with Gasteiger partial charge in [-0.3, -0.25) is 9.59 Å². The zero-order valence-electron chi connectivity index (χ0n) is 9.99. The summed E-state index contributed by atoms with van der Waals surface area (Å²) in [6.45, 7) is 7.65. The number of nitrogens with zero attached hydrogens (tertiary/aromatic N) is 2. The first-order chi connectivity index (χ1) is 6.97. The second-order valence-corrected chi connectivity index (χ2v) is 4.45. The van der Waals surface area contributed by atoms with E-state index in [9.17, 15) is 9.59 Å². The molecular weight excluding hydrogens is 192 g/mol. The van der Waals surface area contributed by atoms with Crippen molar-refractivity contribution in [3.8, 4) is 0 Å². The van der Waals surface area contributed by atoms with Gasteiger partial charge >= 0.3 is 0 Å². The number of amides is 2. The molecular formula is C11H20N2O2. The molecule has 0 aromatic rings. The molecule has 0 atom stereocenters. The molecule has 86 valence electrons. The Morgan fingerprint density at radius 2 is 1.93 bits per heavy atom. The van der Waals surface area contributed by atoms with E-state index in [0.717, 1.165) is 6.54 Å². The molecule has 1 rings (SSSR count). The number of hydrogen-bond acceptors (Lipinski definition) is 2. The van der Waals surface area contributed by atoms with Crippen LogP contribution in [0.15, 0.2) is 0 Å². The fraction of sp³-hybridized carbons (Fsp3) is 0.818. The van der Waals surface area contributed by atoms with Gasteiger partial charge < -0.3 is 9.80 Å². The summed E-state index contributed by atoms with van der Waals surface area (Å²) >= 11 is 0. The van der Waals surface area contributed by atoms with Gasteiger partial charge in [-0.2, -0.15) is 0 Å². The van der Waals surface area contributed by atoms with E-state index in [2.05, 4.69) is 0 Å². The van der Waals surface area contributed by atoms with E-state index in [4.69, 9.17) is 0 Å². The molecule has 0 bridgehead atoms. The molecule has 0 unspecified atom stereocenters. The molecule has 0 aromatic heterocycles. The van der Waals surface area contributed by atoms with Crippen LogP contribution in [0.5, 0.6) is 0 Å². The molecule has 1 heterocycles. The minimum absolute atomic E-state index is 0.0256. The Labute approximate surface area is 91.2 Å². The van der Waals surface area contributed by atoms with E-state index in [1.807, 2.05) is 20.8 Å². The van der Waals surface area contributed by atoms with Crippen LogP contribution in [0.3, 0.4) is 0 Å². The normalized spacial score (nSPS) is 16.5. The van der Waals surface area contributed by atoms with Gasteiger partial charge in [0, 0.05) is 32.6 Å². The van der Waals surface area contributed by atoms with Crippen LogP contribution in [-0.4, -0.2) is 48.3 Å². The zero-order valence-corrected chi connectivity index (χ0v) is 9.99. The van der Waals surface area contributed by atoms with Crippen LogP contribution >= 0.6 is 0 Å². The highest BCUT2D eigenvalue weighted by molar-refractivity contribution is 5.85. The van der Waals surface area contributed by atoms with Crippen molar-refractivity contribution in [3.63, 3.8) is 0 Å². The average molecular weight is 212 g/mol. The van der Waals surface area contributed by atoms with E-state index in [1.54, 1.807) is 16.8 Å². The van der Waals surface area contributed by atoms with Crippen molar-refractivity contribution < 1.29 is 9.59 Å². The van der Waals surface area contributed by atoms with Crippen LogP contribution in [0.1, 0.15) is 20.8 Å². The van der Waals surface area contributed by atoms with Crippen molar-refractivity contribution in [3.05, 3.63) is 0 Å². The van der Waals surface area contributed by atoms with Crippen LogP contribution in [0.4, 0.5) is 0 Å². The maximum Gasteiger partial charge on any atom is 0.229 e. The summed E-state index contributed by atoms with van der Waals surface area (Å²) in [5.41, 5.74) is 0. The topological polar surface area (TPSA) is 40.6 Å². The number of likely N-dealkylation sites (tertiary alicyclic amines) is 1. The van der Waals surface area contributed by atoms with Crippen LogP contribution < -0.4 is 0 Å². The Morgan fingerprint density at radius 3 is 2.33 bits per heavy atom. The molecule has 1 aliphatic heterocycles. The van der Waals surface area contributed by atoms with Crippen molar-refractivity contribution in [2.75, 3.05) is 26.7 Å². The van der Waals surface area contributed by atoms with Crippen molar-refractivity contribution in [2.24, 2.45) is 11.8 Å². The van der Waals surface area contributed by atoms with Gasteiger partial charge in [-0.1, -0.05) is 13.8 Å². The predicted octanol–water partition coefficient (Wildman–Crippen LogP) is 0.579. The second-order valence-electron chi connectivity index (χ2n) is 4.45. The first kappa shape index (κ1) is 12.0. The third-order valence-corrected chi connectivity index (χ3v) is 2.89. The summed E-state index contributed by atoms with van der Waals surface area (Å²) in [6.07, 6.45) is 0. The van der Waals surface area contributed by atoms with Gasteiger partial charge in [-0.05, 0) is 6.92 Å². The maximum absolute atomic E-state index is 11.7. The Morgan fingerprint density at radius 1 is 1.40 bits per heavy atom. The second kappa shape index (κ2) is 4.64. The molecule has 1 saturated heterocycles. The summed E-state index contributed by atoms with van der Waals surface area (Å²) < 4.78 is 0. The summed E-state index contributed by atoms with van der Waals surface area (Å²) in [4.78, 5) is 26.7. The Kier molecular flexibility index (Phi) is 3.72. The lowest BCUT2D eigenvalue weighted by Gasteiger charge is -2.40. The standard InChI is InChI=1S/C11H20N2O2/c1-5-12(4)11(15)9-6-13(7-9)10(14)8(2)3/h8-9H,5-7H2,1-4H3. The Hall–Kier alpha value is -1.06. The van der Waals surface area contributed by atoms with Gasteiger partial charge in [-0.15, -0.1) is 0 Å². The number of carbonyl (C=O) groups is 2. The summed E-state index contributed by atoms with van der Waals surface area (Å²) in [7, 11) is 1.80. The van der Waals surface area contributed by atoms with Gasteiger partial charge in [0.25, 0.3) is 0 Å². The van der Waals surface area contributed by atoms with Crippen molar-refractivity contribution in [2.45, 2.75) is 20.8 Å². The fourth-order valence-corrected chi connectivity index (χ4v) is 1.65. The lowest BCUT2D eigenvalue weighted by atomic mass is 9.96. The molecule has 0 aromatic carbocycles. The monoisotopic (exact) mass is 212 g/mol. The SMILES string of the molecule is CCN(C)C(=O)C1CN(C(=O)C(C)C)C1. The first-order valence-corrected chi connectivity index (χ1v) is 5.51. The average Bonchev–Trinajstić information content (AvgIpc) is 2.13. The Bertz CT molecular complexity index is 257. The van der Waals surface area contributed by atoms with Gasteiger partial charge in [0.1, 0.15) is 0 Å². The maximum atomic E-state index is 11.7. The third kappa shape index (κ3) is 2.49. The molecule has 0 saturated carbocycles. The molecule has 0 aliphatic carbocycles. The predicted molar refractivity (Wildman–Crippen MR) is 58.2 cm³/mol. The van der Waals surface area contributed by atoms with E-state index in [1.165, 1.54) is 0 Å². The quantitative estimate of drug-likeness (QED) is 0.686. The highest BCUT2D eigenvalue weighted by atomic mass is 16.2. The minimum Gasteiger partial charge on any atom is -0.346 e. The largest absolute Gasteiger partial charge is 0.346 e. The van der Waals surface area contributed by atoms with E-state index >= 15 is 0 Å². The van der Waals surface area contributed by atoms with Gasteiger partial charge in [-0.25, -0.2) is 0 Å². The number of hydrogen-bond donors (Lipinski definition) is 0. The summed E-state index contributed by atoms with van der Waals surface area (Å²) in [6, 6.07) is 0. The van der Waals surface area contributed by atoms with E-state index < -0.39 is 0 Å². The molecule has 0 radical (unpaired) electrons. The van der Waals surface area contributed by atoms with Crippen molar-refractivity contribution in [1.29, 1.82) is 0 Å². The fourth-order valence-electron chi connectivity index (χ4n) is 1.65. The molecule has 4 heteroatoms. The summed E-state index contributed by atoms with van der Waals surface area (Å²) in [5.74, 6) is 0.367. The third-order valence-electron chi connectivity index (χ3n) is 2.89. The highest BCUT2D eigenvalue weighted by Gasteiger charge is 2.37. The van der Waals surface area contributed by atoms with Gasteiger partial charge in [0.2, 0.25) is 11.8 Å². The highest BCUT2D eigenvalue weighted by Crippen LogP contribution is 2.19. The molecule has 4 nitrogen and oxygen atoms in total. The smallest absolute Gasteiger partial charge is 0.229 e. The van der Waals surface area contributed by atoms with Gasteiger partial charge in [0.05, 0.1) is 5.92 Å². The Balaban J connectivity index is 2.37. The number of carbonyl (C=O) groups excluding carboxylic acids is 2. The summed E-state index contributed by atoms with van der Waals surface area (Å²) in [5, 5.41) is 0. The lowest BCUT2D eigenvalue weighted by Crippen LogP contribution is -2.56. The van der Waals surface area contributed by atoms with Crippen molar-refractivity contribution >= 4 is 11.8 Å². The number of rotatable bonds is 3. The van der Waals surface area contributed by atoms with Crippen LogP contribution in [0, 0.1) is 11.8 Å². The molecule has 15 heavy (non-hydrogen) atoms. The van der Waals surface area contributed by atoms with E-state index in [-0.39, 0.29) is 23.7 Å². The van der Waals surface area contributed by atoms with Crippen LogP contribution in [0.2, 0.25) is 0 Å². The first-order valence-electron chi connectivity index (χ1n) is 5.51. The van der Waals surface area contributed by atoms with E-state index in [0.29, 0.717) is 13.1 Å². The molecule has 2 amide bonds. The van der Waals surface area contributed by atoms with Crippen molar-refractivity contribution in [1.82, 2.24) is 9.80 Å². The molecule has 0 N–H and O–H groups in total. The van der Waals surface area contributed by atoms with Crippen LogP contribution in [0.25, 0.3) is 0 Å². The lowest BCUT2D eigenvalue weighted by molar-refractivity contribution is -0.149. The van der Waals surface area contributed by atoms with Gasteiger partial charge in [0.15, 0.2) is 0 Å². The molecule has 1 aliphatic rings. The zero-order chi connectivity index (χ0) is 11.6. The molecule has 0 spiro atoms. The molecule has 1 fully saturated rings. The van der Waals surface area contributed by atoms with Crippen LogP contribution in [-0.2, 0) is 9.59 Å². The minimum atomic E-state index is 0.0256.